The molecule has 0 aromatic carbocycles. The molecule has 0 aliphatic rings. The molecule has 10 heteroatoms. The average Bonchev–Trinajstić information content (AvgIpc) is 2.34. The Hall–Kier alpha value is -1.61. The predicted octanol–water partition coefficient (Wildman–Crippen LogP) is 0.443. The quantitative estimate of drug-likeness (QED) is 0.600. The van der Waals surface area contributed by atoms with Crippen LogP contribution in [0, 0.1) is 0 Å². The van der Waals surface area contributed by atoms with Crippen LogP contribution in [-0.4, -0.2) is 44.3 Å². The molecule has 0 saturated heterocycles. The van der Waals surface area contributed by atoms with Crippen molar-refractivity contribution in [1.82, 2.24) is 9.97 Å². The van der Waals surface area contributed by atoms with Crippen LogP contribution >= 0.6 is 11.6 Å². The van der Waals surface area contributed by atoms with E-state index in [4.69, 9.17) is 16.3 Å². The first kappa shape index (κ1) is 15.4. The van der Waals surface area contributed by atoms with Gasteiger partial charge in [-0.2, -0.15) is 4.98 Å². The third kappa shape index (κ3) is 5.26. The zero-order valence-corrected chi connectivity index (χ0v) is 11.8. The number of sulfonamides is 1. The maximum atomic E-state index is 11.6. The molecule has 106 valence electrons. The van der Waals surface area contributed by atoms with Crippen molar-refractivity contribution in [2.45, 2.75) is 6.42 Å². The fraction of sp³-hybridized carbons (Fsp3) is 0.444. The van der Waals surface area contributed by atoms with Gasteiger partial charge in [-0.1, -0.05) is 11.6 Å². The van der Waals surface area contributed by atoms with Crippen LogP contribution in [0.5, 0.6) is 5.88 Å². The summed E-state index contributed by atoms with van der Waals surface area (Å²) in [5.74, 6) is -1.19. The van der Waals surface area contributed by atoms with Gasteiger partial charge in [0.25, 0.3) is 0 Å². The maximum absolute atomic E-state index is 11.6. The Kier molecular flexibility index (Phi) is 5.31. The molecule has 0 aliphatic carbocycles. The van der Waals surface area contributed by atoms with E-state index >= 15 is 0 Å². The van der Waals surface area contributed by atoms with E-state index < -0.39 is 21.7 Å². The summed E-state index contributed by atoms with van der Waals surface area (Å²) in [6, 6.07) is 1.33. The summed E-state index contributed by atoms with van der Waals surface area (Å²) in [7, 11) is -1.24. The van der Waals surface area contributed by atoms with E-state index in [0.717, 1.165) is 0 Å². The minimum Gasteiger partial charge on any atom is -0.481 e. The van der Waals surface area contributed by atoms with E-state index in [2.05, 4.69) is 19.4 Å². The number of esters is 1. The van der Waals surface area contributed by atoms with Gasteiger partial charge in [-0.3, -0.25) is 9.52 Å². The van der Waals surface area contributed by atoms with Crippen molar-refractivity contribution in [3.63, 3.8) is 0 Å². The molecule has 1 rings (SSSR count). The minimum atomic E-state index is -3.77. The number of carbonyl (C=O) groups is 1. The van der Waals surface area contributed by atoms with Crippen molar-refractivity contribution in [1.29, 1.82) is 0 Å². The van der Waals surface area contributed by atoms with E-state index in [1.54, 1.807) is 0 Å². The lowest BCUT2D eigenvalue weighted by atomic mass is 10.5. The first-order valence-corrected chi connectivity index (χ1v) is 7.05. The van der Waals surface area contributed by atoms with Gasteiger partial charge in [-0.25, -0.2) is 13.4 Å². The second-order valence-corrected chi connectivity index (χ2v) is 5.53. The Balaban J connectivity index is 2.77. The standard InChI is InChI=1S/C9H12ClN3O5S/c1-17-7-5-6(10)11-9(12-7)13-19(15,16)4-3-8(14)18-2/h5H,3-4H2,1-2H3,(H,11,12,13). The van der Waals surface area contributed by atoms with Crippen LogP contribution in [0.1, 0.15) is 6.42 Å². The van der Waals surface area contributed by atoms with Gasteiger partial charge in [-0.15, -0.1) is 0 Å². The monoisotopic (exact) mass is 309 g/mol. The summed E-state index contributed by atoms with van der Waals surface area (Å²) in [6.45, 7) is 0. The summed E-state index contributed by atoms with van der Waals surface area (Å²) >= 11 is 5.67. The largest absolute Gasteiger partial charge is 0.481 e. The Morgan fingerprint density at radius 1 is 1.42 bits per heavy atom. The smallest absolute Gasteiger partial charge is 0.306 e. The molecule has 0 radical (unpaired) electrons. The number of nitrogens with zero attached hydrogens (tertiary/aromatic N) is 2. The molecular formula is C9H12ClN3O5S. The molecule has 1 aromatic heterocycles. The number of rotatable bonds is 6. The Bertz CT molecular complexity index is 563. The van der Waals surface area contributed by atoms with E-state index in [-0.39, 0.29) is 23.4 Å². The van der Waals surface area contributed by atoms with Crippen molar-refractivity contribution in [3.8, 4) is 5.88 Å². The second kappa shape index (κ2) is 6.53. The van der Waals surface area contributed by atoms with Gasteiger partial charge < -0.3 is 9.47 Å². The van der Waals surface area contributed by atoms with Crippen molar-refractivity contribution in [3.05, 3.63) is 11.2 Å². The van der Waals surface area contributed by atoms with E-state index in [1.165, 1.54) is 20.3 Å². The normalized spacial score (nSPS) is 10.9. The zero-order chi connectivity index (χ0) is 14.5. The fourth-order valence-corrected chi connectivity index (χ4v) is 2.14. The zero-order valence-electron chi connectivity index (χ0n) is 10.2. The Morgan fingerprint density at radius 3 is 2.68 bits per heavy atom. The molecule has 0 atom stereocenters. The van der Waals surface area contributed by atoms with Crippen LogP contribution in [0.2, 0.25) is 5.15 Å². The van der Waals surface area contributed by atoms with Crippen LogP contribution in [0.15, 0.2) is 6.07 Å². The highest BCUT2D eigenvalue weighted by Crippen LogP contribution is 2.16. The number of hydrogen-bond donors (Lipinski definition) is 1. The van der Waals surface area contributed by atoms with Crippen molar-refractivity contribution >= 4 is 33.5 Å². The van der Waals surface area contributed by atoms with Gasteiger partial charge in [-0.05, 0) is 0 Å². The molecule has 0 aliphatic heterocycles. The molecule has 0 amide bonds. The van der Waals surface area contributed by atoms with Crippen LogP contribution in [0.25, 0.3) is 0 Å². The predicted molar refractivity (Wildman–Crippen MR) is 67.6 cm³/mol. The SMILES string of the molecule is COC(=O)CCS(=O)(=O)Nc1nc(Cl)cc(OC)n1. The molecule has 0 bridgehead atoms. The molecule has 0 saturated carbocycles. The first-order valence-electron chi connectivity index (χ1n) is 5.02. The molecule has 1 N–H and O–H groups in total. The molecule has 0 spiro atoms. The minimum absolute atomic E-state index is 0.0255. The number of ether oxygens (including phenoxy) is 2. The number of nitrogens with one attached hydrogen (secondary N) is 1. The molecule has 0 fully saturated rings. The fourth-order valence-electron chi connectivity index (χ4n) is 1.06. The highest BCUT2D eigenvalue weighted by atomic mass is 35.5. The number of hydrogen-bond acceptors (Lipinski definition) is 7. The summed E-state index contributed by atoms with van der Waals surface area (Å²) in [4.78, 5) is 18.3. The second-order valence-electron chi connectivity index (χ2n) is 3.30. The molecule has 0 unspecified atom stereocenters. The van der Waals surface area contributed by atoms with Crippen molar-refractivity contribution < 1.29 is 22.7 Å². The van der Waals surface area contributed by atoms with Gasteiger partial charge in [0.2, 0.25) is 21.9 Å². The molecule has 8 nitrogen and oxygen atoms in total. The summed E-state index contributed by atoms with van der Waals surface area (Å²) in [6.07, 6.45) is -0.274. The third-order valence-corrected chi connectivity index (χ3v) is 3.36. The highest BCUT2D eigenvalue weighted by molar-refractivity contribution is 7.92. The third-order valence-electron chi connectivity index (χ3n) is 1.93. The van der Waals surface area contributed by atoms with Crippen LogP contribution in [-0.2, 0) is 19.6 Å². The van der Waals surface area contributed by atoms with Crippen molar-refractivity contribution in [2.24, 2.45) is 0 Å². The first-order chi connectivity index (χ1) is 8.86. The van der Waals surface area contributed by atoms with Gasteiger partial charge in [0, 0.05) is 6.07 Å². The lowest BCUT2D eigenvalue weighted by Gasteiger charge is -2.07. The number of methoxy groups -OCH3 is 2. The number of aromatic nitrogens is 2. The summed E-state index contributed by atoms with van der Waals surface area (Å²) in [5.41, 5.74) is 0. The number of anilines is 1. The number of halogens is 1. The van der Waals surface area contributed by atoms with Crippen LogP contribution in [0.3, 0.4) is 0 Å². The lowest BCUT2D eigenvalue weighted by Crippen LogP contribution is -2.20. The van der Waals surface area contributed by atoms with Crippen molar-refractivity contribution in [2.75, 3.05) is 24.7 Å². The lowest BCUT2D eigenvalue weighted by molar-refractivity contribution is -0.140. The molecule has 1 heterocycles. The molecule has 19 heavy (non-hydrogen) atoms. The van der Waals surface area contributed by atoms with Crippen LogP contribution in [0.4, 0.5) is 5.95 Å². The van der Waals surface area contributed by atoms with E-state index in [1.807, 2.05) is 0 Å². The summed E-state index contributed by atoms with van der Waals surface area (Å²) in [5, 5.41) is 0.0255. The topological polar surface area (TPSA) is 107 Å². The van der Waals surface area contributed by atoms with Gasteiger partial charge >= 0.3 is 5.97 Å². The van der Waals surface area contributed by atoms with Gasteiger partial charge in [0.05, 0.1) is 26.4 Å². The molecular weight excluding hydrogens is 298 g/mol. The van der Waals surface area contributed by atoms with E-state index in [0.29, 0.717) is 0 Å². The van der Waals surface area contributed by atoms with E-state index in [9.17, 15) is 13.2 Å². The van der Waals surface area contributed by atoms with Gasteiger partial charge in [0.15, 0.2) is 0 Å². The maximum Gasteiger partial charge on any atom is 0.306 e. The highest BCUT2D eigenvalue weighted by Gasteiger charge is 2.16. The Labute approximate surface area is 115 Å². The average molecular weight is 310 g/mol. The van der Waals surface area contributed by atoms with Crippen LogP contribution < -0.4 is 9.46 Å². The molecule has 1 aromatic rings. The Morgan fingerprint density at radius 2 is 2.11 bits per heavy atom. The van der Waals surface area contributed by atoms with Gasteiger partial charge in [0.1, 0.15) is 5.15 Å². The summed E-state index contributed by atoms with van der Waals surface area (Å²) < 4.78 is 34.6. The number of carbonyl (C=O) groups excluding carboxylic acids is 1.